The Morgan fingerprint density at radius 1 is 1.32 bits per heavy atom. The molecule has 2 amide bonds. The van der Waals surface area contributed by atoms with Crippen molar-refractivity contribution in [2.24, 2.45) is 5.92 Å². The maximum Gasteiger partial charge on any atom is 0.387 e. The molecule has 0 aliphatic carbocycles. The minimum absolute atomic E-state index is 0.0367. The molecule has 1 aromatic carbocycles. The molecule has 0 saturated carbocycles. The Labute approximate surface area is 163 Å². The van der Waals surface area contributed by atoms with Crippen LogP contribution in [0.1, 0.15) is 31.7 Å². The molecular formula is C20H26F2N2O4. The molecule has 154 valence electrons. The van der Waals surface area contributed by atoms with E-state index in [0.717, 1.165) is 6.42 Å². The van der Waals surface area contributed by atoms with E-state index in [1.807, 2.05) is 6.92 Å². The van der Waals surface area contributed by atoms with Gasteiger partial charge in [0.15, 0.2) is 11.5 Å². The fourth-order valence-corrected chi connectivity index (χ4v) is 3.06. The van der Waals surface area contributed by atoms with E-state index in [4.69, 9.17) is 4.74 Å². The Bertz CT molecular complexity index is 701. The van der Waals surface area contributed by atoms with Gasteiger partial charge < -0.3 is 19.7 Å². The molecule has 0 radical (unpaired) electrons. The van der Waals surface area contributed by atoms with E-state index >= 15 is 0 Å². The van der Waals surface area contributed by atoms with Crippen molar-refractivity contribution < 1.29 is 27.8 Å². The van der Waals surface area contributed by atoms with E-state index in [0.29, 0.717) is 38.0 Å². The number of piperidine rings is 1. The summed E-state index contributed by atoms with van der Waals surface area (Å²) < 4.78 is 34.9. The molecule has 0 aromatic heterocycles. The number of likely N-dealkylation sites (tertiary alicyclic amines) is 1. The summed E-state index contributed by atoms with van der Waals surface area (Å²) in [6.45, 7) is 0.604. The van der Waals surface area contributed by atoms with E-state index in [1.165, 1.54) is 25.3 Å². The van der Waals surface area contributed by atoms with Crippen LogP contribution in [-0.2, 0) is 9.59 Å². The fourth-order valence-electron chi connectivity index (χ4n) is 3.06. The van der Waals surface area contributed by atoms with Crippen LogP contribution >= 0.6 is 0 Å². The smallest absolute Gasteiger partial charge is 0.387 e. The molecule has 0 bridgehead atoms. The van der Waals surface area contributed by atoms with Crippen LogP contribution in [0.25, 0.3) is 6.08 Å². The van der Waals surface area contributed by atoms with Gasteiger partial charge in [0.05, 0.1) is 7.11 Å². The number of amides is 2. The molecule has 1 aliphatic heterocycles. The van der Waals surface area contributed by atoms with Crippen molar-refractivity contribution in [1.29, 1.82) is 0 Å². The monoisotopic (exact) mass is 396 g/mol. The molecule has 8 heteroatoms. The minimum Gasteiger partial charge on any atom is -0.493 e. The third-order valence-corrected chi connectivity index (χ3v) is 4.57. The number of benzene rings is 1. The lowest BCUT2D eigenvalue weighted by molar-refractivity contribution is -0.132. The van der Waals surface area contributed by atoms with Crippen LogP contribution in [0.5, 0.6) is 11.5 Å². The van der Waals surface area contributed by atoms with E-state index < -0.39 is 6.61 Å². The van der Waals surface area contributed by atoms with Crippen LogP contribution in [0.2, 0.25) is 0 Å². The van der Waals surface area contributed by atoms with Gasteiger partial charge in [-0.15, -0.1) is 0 Å². The zero-order valence-electron chi connectivity index (χ0n) is 16.1. The quantitative estimate of drug-likeness (QED) is 0.686. The van der Waals surface area contributed by atoms with Gasteiger partial charge in [-0.1, -0.05) is 19.1 Å². The fraction of sp³-hybridized carbons (Fsp3) is 0.500. The molecular weight excluding hydrogens is 370 g/mol. The lowest BCUT2D eigenvalue weighted by Crippen LogP contribution is -2.42. The normalized spacial score (nSPS) is 15.1. The number of hydrogen-bond donors (Lipinski definition) is 1. The summed E-state index contributed by atoms with van der Waals surface area (Å²) in [5, 5.41) is 2.88. The van der Waals surface area contributed by atoms with Crippen molar-refractivity contribution in [3.05, 3.63) is 29.8 Å². The van der Waals surface area contributed by atoms with Gasteiger partial charge in [0.25, 0.3) is 0 Å². The summed E-state index contributed by atoms with van der Waals surface area (Å²) in [5.74, 6) is -0.235. The van der Waals surface area contributed by atoms with Crippen molar-refractivity contribution in [2.45, 2.75) is 32.8 Å². The van der Waals surface area contributed by atoms with Gasteiger partial charge in [0.2, 0.25) is 11.8 Å². The largest absolute Gasteiger partial charge is 0.493 e. The van der Waals surface area contributed by atoms with Crippen LogP contribution < -0.4 is 14.8 Å². The molecule has 1 fully saturated rings. The van der Waals surface area contributed by atoms with Gasteiger partial charge >= 0.3 is 6.61 Å². The predicted octanol–water partition coefficient (Wildman–Crippen LogP) is 3.07. The lowest BCUT2D eigenvalue weighted by Gasteiger charge is -2.30. The van der Waals surface area contributed by atoms with E-state index in [1.54, 1.807) is 17.0 Å². The molecule has 1 aromatic rings. The highest BCUT2D eigenvalue weighted by molar-refractivity contribution is 5.92. The molecule has 1 aliphatic rings. The maximum atomic E-state index is 12.7. The van der Waals surface area contributed by atoms with Gasteiger partial charge in [-0.25, -0.2) is 0 Å². The summed E-state index contributed by atoms with van der Waals surface area (Å²) >= 11 is 0. The number of halogens is 2. The highest BCUT2D eigenvalue weighted by Gasteiger charge is 2.26. The number of hydrogen-bond acceptors (Lipinski definition) is 4. The van der Waals surface area contributed by atoms with Crippen LogP contribution in [-0.4, -0.2) is 50.1 Å². The molecule has 2 rings (SSSR count). The summed E-state index contributed by atoms with van der Waals surface area (Å²) in [6.07, 6.45) is 4.85. The summed E-state index contributed by atoms with van der Waals surface area (Å²) in [7, 11) is 1.35. The van der Waals surface area contributed by atoms with Crippen LogP contribution in [0.15, 0.2) is 24.3 Å². The van der Waals surface area contributed by atoms with E-state index in [-0.39, 0.29) is 29.2 Å². The number of alkyl halides is 2. The third-order valence-electron chi connectivity index (χ3n) is 4.57. The van der Waals surface area contributed by atoms with Gasteiger partial charge in [-0.3, -0.25) is 9.59 Å². The molecule has 1 heterocycles. The topological polar surface area (TPSA) is 67.9 Å². The Hall–Kier alpha value is -2.64. The maximum absolute atomic E-state index is 12.7. The summed E-state index contributed by atoms with van der Waals surface area (Å²) in [5.41, 5.74) is 0.321. The third kappa shape index (κ3) is 5.94. The number of methoxy groups -OCH3 is 1. The second-order valence-electron chi connectivity index (χ2n) is 6.48. The second-order valence-corrected chi connectivity index (χ2v) is 6.48. The second kappa shape index (κ2) is 10.6. The Balaban J connectivity index is 1.98. The summed E-state index contributed by atoms with van der Waals surface area (Å²) in [4.78, 5) is 26.1. The number of para-hydroxylation sites is 1. The van der Waals surface area contributed by atoms with Crippen molar-refractivity contribution in [3.8, 4) is 11.5 Å². The number of carbonyl (C=O) groups excluding carboxylic acids is 2. The first-order chi connectivity index (χ1) is 13.5. The first kappa shape index (κ1) is 21.7. The molecule has 1 N–H and O–H groups in total. The lowest BCUT2D eigenvalue weighted by atomic mass is 9.96. The van der Waals surface area contributed by atoms with Gasteiger partial charge in [0.1, 0.15) is 0 Å². The average Bonchev–Trinajstić information content (AvgIpc) is 2.70. The molecule has 28 heavy (non-hydrogen) atoms. The average molecular weight is 396 g/mol. The first-order valence-electron chi connectivity index (χ1n) is 9.32. The standard InChI is InChI=1S/C20H26F2N2O4/c1-3-11-23-19(26)15-9-12-24(13-10-15)17(25)8-7-14-5-4-6-16(27-2)18(14)28-20(21)22/h4-8,15,20H,3,9-13H2,1-2H3,(H,23,26)/b8-7+. The van der Waals surface area contributed by atoms with Crippen LogP contribution in [0.4, 0.5) is 8.78 Å². The number of carbonyl (C=O) groups is 2. The molecule has 0 atom stereocenters. The highest BCUT2D eigenvalue weighted by Crippen LogP contribution is 2.33. The van der Waals surface area contributed by atoms with Crippen molar-refractivity contribution in [2.75, 3.05) is 26.7 Å². The SMILES string of the molecule is CCCNC(=O)C1CCN(C(=O)/C=C/c2cccc(OC)c2OC(F)F)CC1. The number of rotatable bonds is 8. The zero-order chi connectivity index (χ0) is 20.5. The minimum atomic E-state index is -3.00. The molecule has 0 spiro atoms. The number of nitrogens with zero attached hydrogens (tertiary/aromatic N) is 1. The first-order valence-corrected chi connectivity index (χ1v) is 9.32. The molecule has 0 unspecified atom stereocenters. The van der Waals surface area contributed by atoms with Crippen LogP contribution in [0, 0.1) is 5.92 Å². The molecule has 1 saturated heterocycles. The predicted molar refractivity (Wildman–Crippen MR) is 101 cm³/mol. The highest BCUT2D eigenvalue weighted by atomic mass is 19.3. The zero-order valence-corrected chi connectivity index (χ0v) is 16.1. The number of nitrogens with one attached hydrogen (secondary N) is 1. The van der Waals surface area contributed by atoms with E-state index in [9.17, 15) is 18.4 Å². The number of ether oxygens (including phenoxy) is 2. The van der Waals surface area contributed by atoms with E-state index in [2.05, 4.69) is 10.1 Å². The van der Waals surface area contributed by atoms with Crippen LogP contribution in [0.3, 0.4) is 0 Å². The summed E-state index contributed by atoms with van der Waals surface area (Å²) in [6, 6.07) is 4.70. The van der Waals surface area contributed by atoms with Gasteiger partial charge in [0, 0.05) is 37.2 Å². The van der Waals surface area contributed by atoms with Crippen molar-refractivity contribution >= 4 is 17.9 Å². The Morgan fingerprint density at radius 3 is 2.64 bits per heavy atom. The Morgan fingerprint density at radius 2 is 2.04 bits per heavy atom. The van der Waals surface area contributed by atoms with Gasteiger partial charge in [-0.2, -0.15) is 8.78 Å². The van der Waals surface area contributed by atoms with Gasteiger partial charge in [-0.05, 0) is 31.4 Å². The Kier molecular flexibility index (Phi) is 8.22. The van der Waals surface area contributed by atoms with Crippen molar-refractivity contribution in [1.82, 2.24) is 10.2 Å². The van der Waals surface area contributed by atoms with Crippen molar-refractivity contribution in [3.63, 3.8) is 0 Å². The molecule has 6 nitrogen and oxygen atoms in total.